The molecule has 262 valence electrons. The van der Waals surface area contributed by atoms with Gasteiger partial charge in [0, 0.05) is 102 Å². The van der Waals surface area contributed by atoms with Crippen molar-refractivity contribution in [2.45, 2.75) is 18.8 Å². The average molecular weight is 786 g/mol. The Hall–Kier alpha value is -4.52. The summed E-state index contributed by atoms with van der Waals surface area (Å²) in [7, 11) is 0.857. The van der Waals surface area contributed by atoms with Crippen LogP contribution in [0, 0.1) is 0 Å². The summed E-state index contributed by atoms with van der Waals surface area (Å²) in [6, 6.07) is 12.2. The van der Waals surface area contributed by atoms with Crippen LogP contribution >= 0.6 is 34.4 Å². The Balaban J connectivity index is 1.11. The zero-order valence-corrected chi connectivity index (χ0v) is 32.1. The lowest BCUT2D eigenvalue weighted by atomic mass is 10.0. The highest BCUT2D eigenvalue weighted by Gasteiger charge is 2.27. The number of aryl methyl sites for hydroxylation is 1. The van der Waals surface area contributed by atoms with Crippen LogP contribution < -0.4 is 30.5 Å². The Morgan fingerprint density at radius 3 is 2.45 bits per heavy atom. The monoisotopic (exact) mass is 784 g/mol. The van der Waals surface area contributed by atoms with E-state index in [9.17, 15) is 4.57 Å². The van der Waals surface area contributed by atoms with E-state index in [1.54, 1.807) is 42.7 Å². The first-order chi connectivity index (χ1) is 24.6. The predicted molar refractivity (Wildman–Crippen MR) is 211 cm³/mol. The summed E-state index contributed by atoms with van der Waals surface area (Å²) in [6.07, 6.45) is 9.80. The Morgan fingerprint density at radius 1 is 0.961 bits per heavy atom. The van der Waals surface area contributed by atoms with Crippen molar-refractivity contribution >= 4 is 84.6 Å². The smallest absolute Gasteiger partial charge is 0.229 e. The maximum absolute atomic E-state index is 13.7. The fourth-order valence-electron chi connectivity index (χ4n) is 6.65. The third kappa shape index (κ3) is 6.92. The number of piperazine rings is 1. The third-order valence-electron chi connectivity index (χ3n) is 9.29. The number of hydrogen-bond acceptors (Lipinski definition) is 12. The van der Waals surface area contributed by atoms with Gasteiger partial charge in [-0.25, -0.2) is 9.97 Å². The quantitative estimate of drug-likeness (QED) is 0.134. The number of hydrogen-bond donors (Lipinski definition) is 2. The minimum Gasteiger partial charge on any atom is -0.494 e. The van der Waals surface area contributed by atoms with Gasteiger partial charge in [0.2, 0.25) is 5.95 Å². The van der Waals surface area contributed by atoms with Gasteiger partial charge >= 0.3 is 0 Å². The topological polar surface area (TPSA) is 126 Å². The standard InChI is InChI=1S/C36H38BrN10O2PS/c1-45-21-23(19-40-45)25-17-30(32(49-2)18-31(25)46-12-14-47(15-13-46)36-38-11-16-51-36)43-35-39-20-26(37)34(44-35)42-29-10-9-28-24(33(29)50(3,4)48)7-8-27(41-28)22-5-6-22/h7-11,16-22H,5-6,12-15H2,1-4H3,(H2,39,42,43,44). The van der Waals surface area contributed by atoms with E-state index in [-0.39, 0.29) is 0 Å². The molecule has 0 radical (unpaired) electrons. The normalized spacial score (nSPS) is 15.0. The molecule has 1 saturated heterocycles. The second-order valence-electron chi connectivity index (χ2n) is 13.3. The Labute approximate surface area is 308 Å². The van der Waals surface area contributed by atoms with Gasteiger partial charge in [0.25, 0.3) is 0 Å². The van der Waals surface area contributed by atoms with E-state index in [0.29, 0.717) is 33.6 Å². The van der Waals surface area contributed by atoms with Gasteiger partial charge in [-0.05, 0) is 66.4 Å². The van der Waals surface area contributed by atoms with Gasteiger partial charge in [-0.15, -0.1) is 11.3 Å². The molecule has 0 atom stereocenters. The maximum Gasteiger partial charge on any atom is 0.229 e. The Bertz CT molecular complexity index is 2280. The number of anilines is 6. The summed E-state index contributed by atoms with van der Waals surface area (Å²) >= 11 is 5.30. The molecule has 2 fully saturated rings. The van der Waals surface area contributed by atoms with E-state index in [1.807, 2.05) is 43.2 Å². The van der Waals surface area contributed by atoms with Crippen molar-refractivity contribution in [1.29, 1.82) is 0 Å². The van der Waals surface area contributed by atoms with Crippen molar-refractivity contribution < 1.29 is 9.30 Å². The molecule has 2 N–H and O–H groups in total. The second-order valence-corrected chi connectivity index (χ2v) is 18.2. The first kappa shape index (κ1) is 33.6. The number of rotatable bonds is 10. The first-order valence-electron chi connectivity index (χ1n) is 16.8. The van der Waals surface area contributed by atoms with E-state index in [4.69, 9.17) is 14.7 Å². The van der Waals surface area contributed by atoms with E-state index in [0.717, 1.165) is 75.7 Å². The second kappa shape index (κ2) is 13.6. The van der Waals surface area contributed by atoms with Gasteiger partial charge in [-0.3, -0.25) is 9.67 Å². The number of methoxy groups -OCH3 is 1. The van der Waals surface area contributed by atoms with Crippen LogP contribution in [0.1, 0.15) is 24.5 Å². The number of benzene rings is 2. The Kier molecular flexibility index (Phi) is 8.93. The van der Waals surface area contributed by atoms with E-state index >= 15 is 0 Å². The van der Waals surface area contributed by atoms with Crippen LogP contribution in [0.15, 0.2) is 71.0 Å². The minimum absolute atomic E-state index is 0.371. The summed E-state index contributed by atoms with van der Waals surface area (Å²) < 4.78 is 22.2. The number of thiazole rings is 1. The van der Waals surface area contributed by atoms with Crippen molar-refractivity contribution in [2.24, 2.45) is 7.05 Å². The molecule has 2 aliphatic rings. The van der Waals surface area contributed by atoms with Gasteiger partial charge in [0.1, 0.15) is 18.7 Å². The largest absolute Gasteiger partial charge is 0.494 e. The lowest BCUT2D eigenvalue weighted by Crippen LogP contribution is -2.46. The molecular formula is C36H38BrN10O2PS. The average Bonchev–Trinajstić information content (AvgIpc) is 3.64. The fourth-order valence-corrected chi connectivity index (χ4v) is 9.12. The lowest BCUT2D eigenvalue weighted by Gasteiger charge is -2.37. The van der Waals surface area contributed by atoms with Gasteiger partial charge in [-0.1, -0.05) is 6.07 Å². The van der Waals surface area contributed by atoms with Gasteiger partial charge in [0.15, 0.2) is 5.13 Å². The summed E-state index contributed by atoms with van der Waals surface area (Å²) in [6.45, 7) is 7.00. The number of pyridine rings is 1. The van der Waals surface area contributed by atoms with Crippen molar-refractivity contribution in [3.8, 4) is 16.9 Å². The van der Waals surface area contributed by atoms with E-state index in [1.165, 1.54) is 12.8 Å². The number of halogens is 1. The molecule has 0 amide bonds. The molecule has 5 heterocycles. The number of fused-ring (bicyclic) bond motifs is 1. The predicted octanol–water partition coefficient (Wildman–Crippen LogP) is 7.59. The number of nitrogens with zero attached hydrogens (tertiary/aromatic N) is 8. The SMILES string of the molecule is COc1cc(N2CCN(c3nccs3)CC2)c(-c2cnn(C)c2)cc1Nc1ncc(Br)c(Nc2ccc3nc(C4CC4)ccc3c2P(C)(C)=O)n1. The third-order valence-corrected chi connectivity index (χ3v) is 12.3. The molecule has 51 heavy (non-hydrogen) atoms. The van der Waals surface area contributed by atoms with Crippen LogP contribution in [-0.2, 0) is 11.6 Å². The number of ether oxygens (including phenoxy) is 1. The molecule has 15 heteroatoms. The van der Waals surface area contributed by atoms with Gasteiger partial charge in [-0.2, -0.15) is 10.1 Å². The summed E-state index contributed by atoms with van der Waals surface area (Å²) in [5.74, 6) is 2.10. The van der Waals surface area contributed by atoms with E-state index < -0.39 is 7.14 Å². The van der Waals surface area contributed by atoms with Crippen LogP contribution in [0.25, 0.3) is 22.0 Å². The zero-order chi connectivity index (χ0) is 35.3. The van der Waals surface area contributed by atoms with Crippen molar-refractivity contribution in [3.05, 3.63) is 76.7 Å². The molecule has 8 rings (SSSR count). The highest BCUT2D eigenvalue weighted by atomic mass is 79.9. The minimum atomic E-state index is -2.73. The van der Waals surface area contributed by atoms with Crippen LogP contribution in [0.5, 0.6) is 5.75 Å². The molecule has 1 aliphatic carbocycles. The van der Waals surface area contributed by atoms with Crippen LogP contribution in [0.3, 0.4) is 0 Å². The first-order valence-corrected chi connectivity index (χ1v) is 21.1. The van der Waals surface area contributed by atoms with Gasteiger partial charge in [0.05, 0.1) is 34.7 Å². The summed E-state index contributed by atoms with van der Waals surface area (Å²) in [5.41, 5.74) is 6.47. The summed E-state index contributed by atoms with van der Waals surface area (Å²) in [5, 5.41) is 16.0. The zero-order valence-electron chi connectivity index (χ0n) is 28.8. The lowest BCUT2D eigenvalue weighted by molar-refractivity contribution is 0.416. The Morgan fingerprint density at radius 2 is 1.76 bits per heavy atom. The number of aromatic nitrogens is 6. The molecule has 0 spiro atoms. The maximum atomic E-state index is 13.7. The highest BCUT2D eigenvalue weighted by molar-refractivity contribution is 9.10. The molecule has 12 nitrogen and oxygen atoms in total. The molecule has 6 aromatic rings. The molecule has 0 bridgehead atoms. The van der Waals surface area contributed by atoms with Crippen LogP contribution in [-0.4, -0.2) is 76.3 Å². The molecule has 2 aromatic carbocycles. The molecular weight excluding hydrogens is 747 g/mol. The molecule has 0 unspecified atom stereocenters. The van der Waals surface area contributed by atoms with Gasteiger partial charge < -0.3 is 29.7 Å². The van der Waals surface area contributed by atoms with Crippen molar-refractivity contribution in [3.63, 3.8) is 0 Å². The van der Waals surface area contributed by atoms with E-state index in [2.05, 4.69) is 75.7 Å². The number of nitrogens with one attached hydrogen (secondary N) is 2. The van der Waals surface area contributed by atoms with Crippen LogP contribution in [0.4, 0.5) is 34.0 Å². The molecule has 4 aromatic heterocycles. The molecule has 1 aliphatic heterocycles. The van der Waals surface area contributed by atoms with Crippen molar-refractivity contribution in [2.75, 3.05) is 67.1 Å². The highest BCUT2D eigenvalue weighted by Crippen LogP contribution is 2.44. The molecule has 1 saturated carbocycles. The van der Waals surface area contributed by atoms with Crippen LogP contribution in [0.2, 0.25) is 0 Å². The van der Waals surface area contributed by atoms with Crippen molar-refractivity contribution in [1.82, 2.24) is 29.7 Å². The summed E-state index contributed by atoms with van der Waals surface area (Å²) in [4.78, 5) is 23.6. The fraction of sp³-hybridized carbons (Fsp3) is 0.306.